The first-order valence-electron chi connectivity index (χ1n) is 3.72. The highest BCUT2D eigenvalue weighted by molar-refractivity contribution is 5.99. The van der Waals surface area contributed by atoms with Crippen molar-refractivity contribution in [1.29, 1.82) is 0 Å². The van der Waals surface area contributed by atoms with Gasteiger partial charge >= 0.3 is 0 Å². The second-order valence-corrected chi connectivity index (χ2v) is 2.27. The van der Waals surface area contributed by atoms with Gasteiger partial charge in [0.1, 0.15) is 0 Å². The van der Waals surface area contributed by atoms with Crippen LogP contribution in [0.4, 0.5) is 0 Å². The van der Waals surface area contributed by atoms with Crippen LogP contribution in [0.3, 0.4) is 0 Å². The van der Waals surface area contributed by atoms with Crippen LogP contribution >= 0.6 is 0 Å². The highest BCUT2D eigenvalue weighted by Gasteiger charge is 2.11. The second-order valence-electron chi connectivity index (χ2n) is 2.27. The molecule has 0 spiro atoms. The zero-order valence-corrected chi connectivity index (χ0v) is 7.40. The molecule has 0 aliphatic rings. The van der Waals surface area contributed by atoms with Crippen molar-refractivity contribution in [2.24, 2.45) is 0 Å². The lowest BCUT2D eigenvalue weighted by molar-refractivity contribution is -0.466. The zero-order valence-electron chi connectivity index (χ0n) is 7.40. The lowest BCUT2D eigenvalue weighted by Gasteiger charge is -1.94. The van der Waals surface area contributed by atoms with E-state index in [-0.39, 0.29) is 0 Å². The maximum Gasteiger partial charge on any atom is 0.265 e. The van der Waals surface area contributed by atoms with E-state index in [9.17, 15) is 14.9 Å². The first-order valence-corrected chi connectivity index (χ1v) is 3.72. The average molecular weight is 181 g/mol. The molecule has 0 bridgehead atoms. The van der Waals surface area contributed by atoms with E-state index in [4.69, 9.17) is 0 Å². The molecule has 70 valence electrons. The number of carbonyl (C=O) groups is 1. The number of nitrogens with zero attached hydrogens (tertiary/aromatic N) is 1. The molecule has 0 rings (SSSR count). The van der Waals surface area contributed by atoms with Crippen molar-refractivity contribution in [3.8, 4) is 0 Å². The third-order valence-electron chi connectivity index (χ3n) is 1.24. The molecule has 0 amide bonds. The molecular formula is C9H11NO3. The molecule has 0 aliphatic heterocycles. The number of hydrogen-bond acceptors (Lipinski definition) is 3. The molecule has 0 unspecified atom stereocenters. The Bertz CT molecular complexity index is 277. The maximum absolute atomic E-state index is 11.1. The lowest BCUT2D eigenvalue weighted by Crippen LogP contribution is -2.14. The molecule has 0 aromatic carbocycles. The summed E-state index contributed by atoms with van der Waals surface area (Å²) in [6, 6.07) is 0. The summed E-state index contributed by atoms with van der Waals surface area (Å²) in [6.07, 6.45) is 6.04. The quantitative estimate of drug-likeness (QED) is 0.279. The molecule has 0 fully saturated rings. The molecular weight excluding hydrogens is 170 g/mol. The Hall–Kier alpha value is -1.71. The topological polar surface area (TPSA) is 60.2 Å². The summed E-state index contributed by atoms with van der Waals surface area (Å²) in [5, 5.41) is 10.0. The molecule has 4 nitrogen and oxygen atoms in total. The van der Waals surface area contributed by atoms with Crippen molar-refractivity contribution < 1.29 is 9.72 Å². The number of rotatable bonds is 5. The second kappa shape index (κ2) is 5.88. The van der Waals surface area contributed by atoms with Crippen LogP contribution in [0.15, 0.2) is 36.5 Å². The number of nitro groups is 1. The predicted octanol–water partition coefficient (Wildman–Crippen LogP) is 1.52. The van der Waals surface area contributed by atoms with Crippen molar-refractivity contribution in [2.75, 3.05) is 6.54 Å². The first kappa shape index (κ1) is 11.3. The van der Waals surface area contributed by atoms with Gasteiger partial charge in [-0.15, -0.1) is 0 Å². The third kappa shape index (κ3) is 4.68. The molecule has 0 aliphatic carbocycles. The van der Waals surface area contributed by atoms with Gasteiger partial charge in [-0.1, -0.05) is 30.9 Å². The van der Waals surface area contributed by atoms with E-state index in [1.165, 1.54) is 18.2 Å². The summed E-state index contributed by atoms with van der Waals surface area (Å²) >= 11 is 0. The van der Waals surface area contributed by atoms with Crippen molar-refractivity contribution in [2.45, 2.75) is 6.92 Å². The number of carbonyl (C=O) groups excluding carboxylic acids is 1. The summed E-state index contributed by atoms with van der Waals surface area (Å²) in [5.74, 6) is -0.511. The van der Waals surface area contributed by atoms with Gasteiger partial charge < -0.3 is 0 Å². The van der Waals surface area contributed by atoms with E-state index < -0.39 is 17.3 Å². The van der Waals surface area contributed by atoms with Gasteiger partial charge in [0.2, 0.25) is 5.78 Å². The van der Waals surface area contributed by atoms with Crippen LogP contribution in [0, 0.1) is 10.1 Å². The van der Waals surface area contributed by atoms with Gasteiger partial charge in [0.25, 0.3) is 6.54 Å². The molecule has 0 saturated carbocycles. The SMILES string of the molecule is C=C/C=C(\C=C/C)C(=O)C[N+](=O)[O-]. The third-order valence-corrected chi connectivity index (χ3v) is 1.24. The van der Waals surface area contributed by atoms with E-state index in [2.05, 4.69) is 6.58 Å². The van der Waals surface area contributed by atoms with Crippen LogP contribution in [0.25, 0.3) is 0 Å². The Kier molecular flexibility index (Phi) is 5.11. The normalized spacial score (nSPS) is 11.6. The van der Waals surface area contributed by atoms with Crippen LogP contribution in [0.5, 0.6) is 0 Å². The van der Waals surface area contributed by atoms with Crippen LogP contribution in [-0.4, -0.2) is 17.3 Å². The summed E-state index contributed by atoms with van der Waals surface area (Å²) in [6.45, 7) is 4.47. The molecule has 0 radical (unpaired) electrons. The fourth-order valence-corrected chi connectivity index (χ4v) is 0.757. The van der Waals surface area contributed by atoms with Crippen molar-refractivity contribution in [3.05, 3.63) is 46.6 Å². The fraction of sp³-hybridized carbons (Fsp3) is 0.222. The summed E-state index contributed by atoms with van der Waals surface area (Å²) < 4.78 is 0. The zero-order chi connectivity index (χ0) is 10.3. The molecule has 0 heterocycles. The van der Waals surface area contributed by atoms with Crippen molar-refractivity contribution >= 4 is 5.78 Å². The number of hydrogen-bond donors (Lipinski definition) is 0. The Labute approximate surface area is 76.4 Å². The van der Waals surface area contributed by atoms with Gasteiger partial charge in [0.05, 0.1) is 0 Å². The molecule has 0 aromatic rings. The molecule has 0 saturated heterocycles. The van der Waals surface area contributed by atoms with Gasteiger partial charge in [-0.05, 0) is 6.92 Å². The molecule has 0 N–H and O–H groups in total. The molecule has 4 heteroatoms. The Morgan fingerprint density at radius 3 is 2.62 bits per heavy atom. The highest BCUT2D eigenvalue weighted by Crippen LogP contribution is 1.99. The van der Waals surface area contributed by atoms with E-state index in [0.29, 0.717) is 5.57 Å². The average Bonchev–Trinajstić information content (AvgIpc) is 2.02. The van der Waals surface area contributed by atoms with Gasteiger partial charge in [0, 0.05) is 10.5 Å². The smallest absolute Gasteiger partial charge is 0.265 e. The summed E-state index contributed by atoms with van der Waals surface area (Å²) in [7, 11) is 0. The first-order chi connectivity index (χ1) is 6.11. The van der Waals surface area contributed by atoms with Gasteiger partial charge in [0.15, 0.2) is 0 Å². The van der Waals surface area contributed by atoms with Crippen molar-refractivity contribution in [3.63, 3.8) is 0 Å². The van der Waals surface area contributed by atoms with E-state index in [1.54, 1.807) is 13.0 Å². The lowest BCUT2D eigenvalue weighted by atomic mass is 10.1. The van der Waals surface area contributed by atoms with E-state index in [0.717, 1.165) is 0 Å². The van der Waals surface area contributed by atoms with Crippen LogP contribution in [-0.2, 0) is 4.79 Å². The van der Waals surface area contributed by atoms with E-state index in [1.807, 2.05) is 0 Å². The standard InChI is InChI=1S/C9H11NO3/c1-3-5-8(6-4-2)9(11)7-10(12)13/h3-6H,1,7H2,2H3/b6-4-,8-5+. The van der Waals surface area contributed by atoms with Crippen LogP contribution < -0.4 is 0 Å². The number of allylic oxidation sites excluding steroid dienone is 4. The molecule has 13 heavy (non-hydrogen) atoms. The van der Waals surface area contributed by atoms with Gasteiger partial charge in [-0.25, -0.2) is 0 Å². The summed E-state index contributed by atoms with van der Waals surface area (Å²) in [4.78, 5) is 20.5. The minimum Gasteiger partial charge on any atom is -0.287 e. The Balaban J connectivity index is 4.56. The van der Waals surface area contributed by atoms with Gasteiger partial charge in [-0.2, -0.15) is 0 Å². The number of Topliss-reactive ketones (excluding diaryl/α,β-unsaturated/α-hetero) is 1. The monoisotopic (exact) mass is 181 g/mol. The molecule has 0 aromatic heterocycles. The summed E-state index contributed by atoms with van der Waals surface area (Å²) in [5.41, 5.74) is 0.300. The Morgan fingerprint density at radius 2 is 2.23 bits per heavy atom. The van der Waals surface area contributed by atoms with Gasteiger partial charge in [-0.3, -0.25) is 14.9 Å². The number of ketones is 1. The fourth-order valence-electron chi connectivity index (χ4n) is 0.757. The Morgan fingerprint density at radius 1 is 1.62 bits per heavy atom. The van der Waals surface area contributed by atoms with E-state index >= 15 is 0 Å². The molecule has 0 atom stereocenters. The maximum atomic E-state index is 11.1. The highest BCUT2D eigenvalue weighted by atomic mass is 16.6. The van der Waals surface area contributed by atoms with Crippen LogP contribution in [0.2, 0.25) is 0 Å². The predicted molar refractivity (Wildman–Crippen MR) is 50.0 cm³/mol. The largest absolute Gasteiger partial charge is 0.287 e. The minimum absolute atomic E-state index is 0.300. The minimum atomic E-state index is -0.677. The van der Waals surface area contributed by atoms with Crippen LogP contribution in [0.1, 0.15) is 6.92 Å². The van der Waals surface area contributed by atoms with Crippen molar-refractivity contribution in [1.82, 2.24) is 0 Å².